The molecule has 2 heterocycles. The van der Waals surface area contributed by atoms with Crippen LogP contribution in [0.4, 0.5) is 10.2 Å². The molecule has 3 rings (SSSR count). The Morgan fingerprint density at radius 1 is 1.32 bits per heavy atom. The van der Waals surface area contributed by atoms with Gasteiger partial charge < -0.3 is 14.6 Å². The zero-order valence-electron chi connectivity index (χ0n) is 14.0. The van der Waals surface area contributed by atoms with Gasteiger partial charge >= 0.3 is 5.97 Å². The highest BCUT2D eigenvalue weighted by Crippen LogP contribution is 2.28. The lowest BCUT2D eigenvalue weighted by Gasteiger charge is -2.27. The smallest absolute Gasteiger partial charge is 0.317 e. The summed E-state index contributed by atoms with van der Waals surface area (Å²) >= 11 is 0. The van der Waals surface area contributed by atoms with E-state index in [4.69, 9.17) is 9.26 Å². The third kappa shape index (κ3) is 3.02. The van der Waals surface area contributed by atoms with Crippen LogP contribution in [0, 0.1) is 12.7 Å². The SMILES string of the molecule is COC(=O)C(C)(CNc1ncnc2onc(C)c12)c1ccc(F)cc1. The number of methoxy groups -OCH3 is 1. The van der Waals surface area contributed by atoms with Gasteiger partial charge in [0.1, 0.15) is 28.8 Å². The molecule has 0 aliphatic rings. The molecule has 1 unspecified atom stereocenters. The Labute approximate surface area is 143 Å². The number of rotatable bonds is 5. The molecule has 3 aromatic rings. The molecule has 1 aromatic carbocycles. The van der Waals surface area contributed by atoms with Crippen molar-refractivity contribution in [3.63, 3.8) is 0 Å². The summed E-state index contributed by atoms with van der Waals surface area (Å²) in [5.41, 5.74) is 0.585. The Balaban J connectivity index is 1.94. The summed E-state index contributed by atoms with van der Waals surface area (Å²) in [7, 11) is 1.32. The first kappa shape index (κ1) is 16.8. The largest absolute Gasteiger partial charge is 0.468 e. The van der Waals surface area contributed by atoms with Gasteiger partial charge in [0, 0.05) is 6.54 Å². The Hall–Kier alpha value is -3.03. The van der Waals surface area contributed by atoms with Gasteiger partial charge in [0.05, 0.1) is 12.8 Å². The number of aryl methyl sites for hydroxylation is 1. The summed E-state index contributed by atoms with van der Waals surface area (Å²) in [6.45, 7) is 3.68. The van der Waals surface area contributed by atoms with E-state index in [2.05, 4.69) is 20.4 Å². The molecule has 8 heteroatoms. The summed E-state index contributed by atoms with van der Waals surface area (Å²) in [4.78, 5) is 20.6. The van der Waals surface area contributed by atoms with Crippen LogP contribution in [0.15, 0.2) is 35.1 Å². The minimum absolute atomic E-state index is 0.183. The van der Waals surface area contributed by atoms with Crippen molar-refractivity contribution in [3.05, 3.63) is 47.7 Å². The van der Waals surface area contributed by atoms with Crippen LogP contribution in [0.2, 0.25) is 0 Å². The standard InChI is InChI=1S/C17H17FN4O3/c1-10-13-14(20-9-21-15(13)25-22-10)19-8-17(2,16(23)24-3)11-4-6-12(18)7-5-11/h4-7,9H,8H2,1-3H3,(H,19,20,21). The highest BCUT2D eigenvalue weighted by Gasteiger charge is 2.36. The summed E-state index contributed by atoms with van der Waals surface area (Å²) in [5, 5.41) is 7.65. The average molecular weight is 344 g/mol. The maximum Gasteiger partial charge on any atom is 0.317 e. The number of benzene rings is 1. The molecule has 0 saturated carbocycles. The van der Waals surface area contributed by atoms with E-state index >= 15 is 0 Å². The van der Waals surface area contributed by atoms with Crippen LogP contribution in [0.25, 0.3) is 11.1 Å². The van der Waals surface area contributed by atoms with E-state index in [1.54, 1.807) is 26.0 Å². The number of nitrogens with one attached hydrogen (secondary N) is 1. The number of ether oxygens (including phenoxy) is 1. The fourth-order valence-electron chi connectivity index (χ4n) is 2.65. The average Bonchev–Trinajstić information content (AvgIpc) is 3.01. The second kappa shape index (κ2) is 6.46. The highest BCUT2D eigenvalue weighted by molar-refractivity contribution is 5.88. The Morgan fingerprint density at radius 3 is 2.72 bits per heavy atom. The maximum atomic E-state index is 13.2. The maximum absolute atomic E-state index is 13.2. The number of carbonyl (C=O) groups is 1. The molecular formula is C17H17FN4O3. The molecule has 0 aliphatic heterocycles. The number of aromatic nitrogens is 3. The Kier molecular flexibility index (Phi) is 4.35. The van der Waals surface area contributed by atoms with Crippen LogP contribution in [0.1, 0.15) is 18.2 Å². The molecule has 0 bridgehead atoms. The van der Waals surface area contributed by atoms with Crippen molar-refractivity contribution < 1.29 is 18.4 Å². The topological polar surface area (TPSA) is 90.1 Å². The van der Waals surface area contributed by atoms with Gasteiger partial charge in [-0.1, -0.05) is 17.3 Å². The third-order valence-corrected chi connectivity index (χ3v) is 4.17. The lowest BCUT2D eigenvalue weighted by Crippen LogP contribution is -2.40. The number of hydrogen-bond donors (Lipinski definition) is 1. The van der Waals surface area contributed by atoms with Crippen LogP contribution in [-0.4, -0.2) is 34.7 Å². The number of hydrogen-bond acceptors (Lipinski definition) is 7. The van der Waals surface area contributed by atoms with Crippen molar-refractivity contribution in [3.8, 4) is 0 Å². The van der Waals surface area contributed by atoms with Crippen LogP contribution >= 0.6 is 0 Å². The van der Waals surface area contributed by atoms with Gasteiger partial charge in [-0.15, -0.1) is 0 Å². The zero-order valence-corrected chi connectivity index (χ0v) is 14.0. The Bertz CT molecular complexity index is 910. The lowest BCUT2D eigenvalue weighted by molar-refractivity contribution is -0.146. The van der Waals surface area contributed by atoms with E-state index in [0.29, 0.717) is 28.2 Å². The number of nitrogens with zero attached hydrogens (tertiary/aromatic N) is 3. The fourth-order valence-corrected chi connectivity index (χ4v) is 2.65. The quantitative estimate of drug-likeness (QED) is 0.712. The first-order chi connectivity index (χ1) is 12.0. The highest BCUT2D eigenvalue weighted by atomic mass is 19.1. The van der Waals surface area contributed by atoms with E-state index in [9.17, 15) is 9.18 Å². The molecular weight excluding hydrogens is 327 g/mol. The van der Waals surface area contributed by atoms with Gasteiger partial charge in [0.15, 0.2) is 0 Å². The minimum atomic E-state index is -1.04. The molecule has 1 atom stereocenters. The van der Waals surface area contributed by atoms with E-state index in [1.807, 2.05) is 0 Å². The van der Waals surface area contributed by atoms with Gasteiger partial charge in [-0.3, -0.25) is 4.79 Å². The molecule has 1 N–H and O–H groups in total. The van der Waals surface area contributed by atoms with Crippen molar-refractivity contribution >= 4 is 22.9 Å². The van der Waals surface area contributed by atoms with Crippen LogP contribution < -0.4 is 5.32 Å². The molecule has 0 amide bonds. The second-order valence-electron chi connectivity index (χ2n) is 5.85. The van der Waals surface area contributed by atoms with E-state index in [-0.39, 0.29) is 12.4 Å². The molecule has 0 radical (unpaired) electrons. The van der Waals surface area contributed by atoms with Gasteiger partial charge in [-0.2, -0.15) is 4.98 Å². The first-order valence-corrected chi connectivity index (χ1v) is 7.61. The number of carbonyl (C=O) groups excluding carboxylic acids is 1. The van der Waals surface area contributed by atoms with Gasteiger partial charge in [-0.05, 0) is 31.5 Å². The molecule has 7 nitrogen and oxygen atoms in total. The van der Waals surface area contributed by atoms with E-state index in [0.717, 1.165) is 0 Å². The number of esters is 1. The number of halogens is 1. The van der Waals surface area contributed by atoms with Gasteiger partial charge in [0.2, 0.25) is 0 Å². The van der Waals surface area contributed by atoms with Crippen LogP contribution in [0.5, 0.6) is 0 Å². The molecule has 0 spiro atoms. The molecule has 2 aromatic heterocycles. The minimum Gasteiger partial charge on any atom is -0.468 e. The first-order valence-electron chi connectivity index (χ1n) is 7.61. The summed E-state index contributed by atoms with van der Waals surface area (Å²) in [6.07, 6.45) is 1.35. The van der Waals surface area contributed by atoms with Crippen molar-refractivity contribution in [1.82, 2.24) is 15.1 Å². The van der Waals surface area contributed by atoms with Crippen molar-refractivity contribution in [2.75, 3.05) is 19.0 Å². The number of anilines is 1. The zero-order chi connectivity index (χ0) is 18.0. The third-order valence-electron chi connectivity index (χ3n) is 4.17. The number of fused-ring (bicyclic) bond motifs is 1. The summed E-state index contributed by atoms with van der Waals surface area (Å²) in [6, 6.07) is 5.75. The molecule has 0 fully saturated rings. The van der Waals surface area contributed by atoms with Crippen LogP contribution in [-0.2, 0) is 14.9 Å². The Morgan fingerprint density at radius 2 is 2.04 bits per heavy atom. The predicted octanol–water partition coefficient (Wildman–Crippen LogP) is 2.61. The fraction of sp³-hybridized carbons (Fsp3) is 0.294. The molecule has 25 heavy (non-hydrogen) atoms. The van der Waals surface area contributed by atoms with Gasteiger partial charge in [0.25, 0.3) is 5.71 Å². The lowest BCUT2D eigenvalue weighted by atomic mass is 9.82. The van der Waals surface area contributed by atoms with Crippen molar-refractivity contribution in [1.29, 1.82) is 0 Å². The second-order valence-corrected chi connectivity index (χ2v) is 5.85. The molecule has 130 valence electrons. The van der Waals surface area contributed by atoms with Crippen molar-refractivity contribution in [2.24, 2.45) is 0 Å². The normalized spacial score (nSPS) is 13.4. The van der Waals surface area contributed by atoms with E-state index in [1.165, 1.54) is 25.6 Å². The molecule has 0 saturated heterocycles. The van der Waals surface area contributed by atoms with Crippen LogP contribution in [0.3, 0.4) is 0 Å². The van der Waals surface area contributed by atoms with Crippen molar-refractivity contribution in [2.45, 2.75) is 19.3 Å². The van der Waals surface area contributed by atoms with E-state index < -0.39 is 11.4 Å². The summed E-state index contributed by atoms with van der Waals surface area (Å²) in [5.74, 6) is -0.318. The monoisotopic (exact) mass is 344 g/mol. The summed E-state index contributed by atoms with van der Waals surface area (Å²) < 4.78 is 23.3. The molecule has 0 aliphatic carbocycles. The van der Waals surface area contributed by atoms with Gasteiger partial charge in [-0.25, -0.2) is 9.37 Å². The predicted molar refractivity (Wildman–Crippen MR) is 88.6 cm³/mol.